The summed E-state index contributed by atoms with van der Waals surface area (Å²) in [6, 6.07) is 14.3. The van der Waals surface area contributed by atoms with E-state index in [1.54, 1.807) is 0 Å². The van der Waals surface area contributed by atoms with Crippen LogP contribution < -0.4 is 5.32 Å². The molecule has 128 valence electrons. The number of rotatable bonds is 4. The molecule has 3 rings (SSSR count). The van der Waals surface area contributed by atoms with E-state index < -0.39 is 11.9 Å². The van der Waals surface area contributed by atoms with Gasteiger partial charge in [-0.2, -0.15) is 0 Å². The molecule has 5 nitrogen and oxygen atoms in total. The smallest absolute Gasteiger partial charge is 0.335 e. The molecule has 1 aliphatic rings. The van der Waals surface area contributed by atoms with Crippen molar-refractivity contribution in [1.82, 2.24) is 0 Å². The monoisotopic (exact) mass is 413 g/mol. The minimum Gasteiger partial charge on any atom is -0.478 e. The lowest BCUT2D eigenvalue weighted by Crippen LogP contribution is -2.01. The van der Waals surface area contributed by atoms with Crippen LogP contribution in [0.3, 0.4) is 0 Å². The van der Waals surface area contributed by atoms with Crippen LogP contribution >= 0.6 is 28.3 Å². The Hall–Kier alpha value is -2.05. The van der Waals surface area contributed by atoms with Crippen molar-refractivity contribution in [3.63, 3.8) is 0 Å². The van der Waals surface area contributed by atoms with Gasteiger partial charge in [0.25, 0.3) is 0 Å². The Morgan fingerprint density at radius 3 is 1.88 bits per heavy atom. The van der Waals surface area contributed by atoms with Gasteiger partial charge < -0.3 is 15.5 Å². The van der Waals surface area contributed by atoms with Crippen LogP contribution in [0.2, 0.25) is 0 Å². The summed E-state index contributed by atoms with van der Waals surface area (Å²) in [7, 11) is 0. The van der Waals surface area contributed by atoms with Crippen LogP contribution in [-0.4, -0.2) is 28.2 Å². The molecule has 1 fully saturated rings. The zero-order chi connectivity index (χ0) is 16.8. The standard InChI is InChI=1S/C9H10BrN.C8H6O4.ClH/c10-7-1-3-8(4-2-7)11-9-5-6-9;9-7(10)5-2-1-3-6(4-5)8(11)12;/h1-4,9,11H,5-6H2;1-4H,(H,9,10)(H,11,12);1H. The van der Waals surface area contributed by atoms with Crippen molar-refractivity contribution < 1.29 is 19.8 Å². The molecule has 24 heavy (non-hydrogen) atoms. The van der Waals surface area contributed by atoms with Crippen LogP contribution in [0.5, 0.6) is 0 Å². The second-order valence-corrected chi connectivity index (χ2v) is 6.03. The maximum absolute atomic E-state index is 10.4. The van der Waals surface area contributed by atoms with Crippen molar-refractivity contribution >= 4 is 46.0 Å². The van der Waals surface area contributed by atoms with E-state index in [-0.39, 0.29) is 23.5 Å². The Labute approximate surface area is 154 Å². The maximum Gasteiger partial charge on any atom is 0.335 e. The molecule has 0 aliphatic heterocycles. The number of aromatic carboxylic acids is 2. The van der Waals surface area contributed by atoms with E-state index in [1.165, 1.54) is 36.7 Å². The molecule has 7 heteroatoms. The van der Waals surface area contributed by atoms with E-state index in [9.17, 15) is 9.59 Å². The predicted molar refractivity (Wildman–Crippen MR) is 98.4 cm³/mol. The van der Waals surface area contributed by atoms with Crippen molar-refractivity contribution in [2.75, 3.05) is 5.32 Å². The van der Waals surface area contributed by atoms with E-state index in [4.69, 9.17) is 10.2 Å². The molecule has 0 heterocycles. The first-order valence-electron chi connectivity index (χ1n) is 7.04. The molecule has 0 unspecified atom stereocenters. The van der Waals surface area contributed by atoms with Gasteiger partial charge in [-0.05, 0) is 55.3 Å². The second kappa shape index (κ2) is 9.30. The Morgan fingerprint density at radius 2 is 1.46 bits per heavy atom. The molecule has 1 aliphatic carbocycles. The lowest BCUT2D eigenvalue weighted by molar-refractivity contribution is 0.0696. The summed E-state index contributed by atoms with van der Waals surface area (Å²) in [4.78, 5) is 20.8. The highest BCUT2D eigenvalue weighted by atomic mass is 79.9. The largest absolute Gasteiger partial charge is 0.478 e. The zero-order valence-corrected chi connectivity index (χ0v) is 15.0. The quantitative estimate of drug-likeness (QED) is 0.684. The summed E-state index contributed by atoms with van der Waals surface area (Å²) in [6.07, 6.45) is 2.66. The molecule has 3 N–H and O–H groups in total. The third-order valence-electron chi connectivity index (χ3n) is 3.15. The number of hydrogen-bond donors (Lipinski definition) is 3. The number of carbonyl (C=O) groups is 2. The fourth-order valence-electron chi connectivity index (χ4n) is 1.79. The molecule has 0 spiro atoms. The first-order chi connectivity index (χ1) is 11.0. The van der Waals surface area contributed by atoms with E-state index in [2.05, 4.69) is 45.5 Å². The second-order valence-electron chi connectivity index (χ2n) is 5.12. The van der Waals surface area contributed by atoms with Gasteiger partial charge in [-0.3, -0.25) is 0 Å². The molecule has 2 aromatic carbocycles. The van der Waals surface area contributed by atoms with Gasteiger partial charge in [-0.1, -0.05) is 22.0 Å². The molecule has 0 aromatic heterocycles. The van der Waals surface area contributed by atoms with E-state index >= 15 is 0 Å². The summed E-state index contributed by atoms with van der Waals surface area (Å²) in [5.41, 5.74) is 1.19. The van der Waals surface area contributed by atoms with Crippen molar-refractivity contribution in [2.45, 2.75) is 18.9 Å². The number of carboxylic acid groups (broad SMARTS) is 2. The molecular weight excluding hydrogens is 398 g/mol. The van der Waals surface area contributed by atoms with Gasteiger partial charge in [0.1, 0.15) is 0 Å². The van der Waals surface area contributed by atoms with Crippen LogP contribution in [0, 0.1) is 0 Å². The average molecular weight is 415 g/mol. The van der Waals surface area contributed by atoms with Gasteiger partial charge in [0, 0.05) is 16.2 Å². The number of anilines is 1. The number of halogens is 2. The van der Waals surface area contributed by atoms with Gasteiger partial charge in [0.2, 0.25) is 0 Å². The summed E-state index contributed by atoms with van der Waals surface area (Å²) in [5, 5.41) is 20.4. The van der Waals surface area contributed by atoms with E-state index in [1.807, 2.05) is 0 Å². The highest BCUT2D eigenvalue weighted by Gasteiger charge is 2.20. The van der Waals surface area contributed by atoms with Gasteiger partial charge in [0.15, 0.2) is 0 Å². The lowest BCUT2D eigenvalue weighted by atomic mass is 10.1. The van der Waals surface area contributed by atoms with Crippen molar-refractivity contribution in [2.24, 2.45) is 0 Å². The highest BCUT2D eigenvalue weighted by molar-refractivity contribution is 9.10. The zero-order valence-electron chi connectivity index (χ0n) is 12.6. The fourth-order valence-corrected chi connectivity index (χ4v) is 2.06. The van der Waals surface area contributed by atoms with Crippen molar-refractivity contribution in [3.8, 4) is 0 Å². The molecule has 0 amide bonds. The van der Waals surface area contributed by atoms with Crippen LogP contribution in [0.25, 0.3) is 0 Å². The number of benzene rings is 2. The van der Waals surface area contributed by atoms with Gasteiger partial charge in [-0.25, -0.2) is 9.59 Å². The fraction of sp³-hybridized carbons (Fsp3) is 0.176. The van der Waals surface area contributed by atoms with Gasteiger partial charge >= 0.3 is 11.9 Å². The Morgan fingerprint density at radius 1 is 0.958 bits per heavy atom. The molecular formula is C17H17BrClNO4. The van der Waals surface area contributed by atoms with E-state index in [0.29, 0.717) is 0 Å². The summed E-state index contributed by atoms with van der Waals surface area (Å²) < 4.78 is 1.14. The average Bonchev–Trinajstić information content (AvgIpc) is 3.34. The Bertz CT molecular complexity index is 673. The molecule has 2 aromatic rings. The van der Waals surface area contributed by atoms with Crippen LogP contribution in [0.1, 0.15) is 33.6 Å². The van der Waals surface area contributed by atoms with Crippen molar-refractivity contribution in [1.29, 1.82) is 0 Å². The molecule has 0 bridgehead atoms. The topological polar surface area (TPSA) is 86.6 Å². The van der Waals surface area contributed by atoms with Crippen LogP contribution in [0.4, 0.5) is 5.69 Å². The number of hydrogen-bond acceptors (Lipinski definition) is 3. The summed E-state index contributed by atoms with van der Waals surface area (Å²) >= 11 is 3.40. The minimum atomic E-state index is -1.13. The molecule has 0 radical (unpaired) electrons. The Kier molecular flexibility index (Phi) is 7.74. The summed E-state index contributed by atoms with van der Waals surface area (Å²) in [6.45, 7) is 0. The first kappa shape index (κ1) is 20.0. The SMILES string of the molecule is Brc1ccc(NC2CC2)cc1.Cl.O=C(O)c1cccc(C(=O)O)c1. The minimum absolute atomic E-state index is 0. The molecule has 0 atom stereocenters. The first-order valence-corrected chi connectivity index (χ1v) is 7.84. The van der Waals surface area contributed by atoms with Crippen LogP contribution in [0.15, 0.2) is 53.0 Å². The molecule has 0 saturated heterocycles. The third-order valence-corrected chi connectivity index (χ3v) is 3.68. The summed E-state index contributed by atoms with van der Waals surface area (Å²) in [5.74, 6) is -2.25. The molecule has 1 saturated carbocycles. The predicted octanol–water partition coefficient (Wildman–Crippen LogP) is 4.53. The normalized spacial score (nSPS) is 12.2. The number of nitrogens with one attached hydrogen (secondary N) is 1. The van der Waals surface area contributed by atoms with E-state index in [0.717, 1.165) is 16.6 Å². The van der Waals surface area contributed by atoms with Crippen LogP contribution in [-0.2, 0) is 0 Å². The van der Waals surface area contributed by atoms with Gasteiger partial charge in [-0.15, -0.1) is 12.4 Å². The van der Waals surface area contributed by atoms with Gasteiger partial charge in [0.05, 0.1) is 11.1 Å². The third kappa shape index (κ3) is 6.60. The number of carboxylic acids is 2. The highest BCUT2D eigenvalue weighted by Crippen LogP contribution is 2.25. The van der Waals surface area contributed by atoms with Crippen molar-refractivity contribution in [3.05, 3.63) is 64.1 Å². The Balaban J connectivity index is 0.000000231. The maximum atomic E-state index is 10.4. The lowest BCUT2D eigenvalue weighted by Gasteiger charge is -2.02.